The Hall–Kier alpha value is -2.43. The van der Waals surface area contributed by atoms with E-state index in [0.717, 1.165) is 0 Å². The Balaban J connectivity index is 2.64. The average molecular weight is 246 g/mol. The van der Waals surface area contributed by atoms with Crippen molar-refractivity contribution in [2.75, 3.05) is 12.8 Å². The van der Waals surface area contributed by atoms with E-state index in [-0.39, 0.29) is 17.1 Å². The van der Waals surface area contributed by atoms with Gasteiger partial charge in [-0.2, -0.15) is 0 Å². The van der Waals surface area contributed by atoms with E-state index < -0.39 is 11.8 Å². The third kappa shape index (κ3) is 2.15. The number of nitrogens with two attached hydrogens (primary N) is 1. The number of methoxy groups -OCH3 is 1. The minimum atomic E-state index is -0.652. The SMILES string of the molecule is COC(=O)c1nc(N)ccc1-c1ccccc1F. The number of rotatable bonds is 2. The topological polar surface area (TPSA) is 65.2 Å². The molecule has 0 unspecified atom stereocenters. The molecule has 0 saturated carbocycles. The lowest BCUT2D eigenvalue weighted by Gasteiger charge is -2.08. The van der Waals surface area contributed by atoms with Gasteiger partial charge < -0.3 is 10.5 Å². The fraction of sp³-hybridized carbons (Fsp3) is 0.0769. The summed E-state index contributed by atoms with van der Waals surface area (Å²) in [6.07, 6.45) is 0. The average Bonchev–Trinajstić information content (AvgIpc) is 2.39. The van der Waals surface area contributed by atoms with Crippen molar-refractivity contribution in [2.24, 2.45) is 0 Å². The van der Waals surface area contributed by atoms with Gasteiger partial charge in [-0.15, -0.1) is 0 Å². The molecule has 0 aliphatic carbocycles. The van der Waals surface area contributed by atoms with Crippen molar-refractivity contribution in [3.05, 3.63) is 47.9 Å². The lowest BCUT2D eigenvalue weighted by Crippen LogP contribution is -2.08. The number of anilines is 1. The summed E-state index contributed by atoms with van der Waals surface area (Å²) < 4.78 is 18.3. The summed E-state index contributed by atoms with van der Waals surface area (Å²) >= 11 is 0. The van der Waals surface area contributed by atoms with E-state index in [2.05, 4.69) is 9.72 Å². The zero-order valence-corrected chi connectivity index (χ0v) is 9.68. The maximum Gasteiger partial charge on any atom is 0.357 e. The second-order valence-electron chi connectivity index (χ2n) is 3.60. The molecule has 1 aromatic heterocycles. The van der Waals surface area contributed by atoms with Crippen LogP contribution in [-0.2, 0) is 4.74 Å². The summed E-state index contributed by atoms with van der Waals surface area (Å²) in [5.41, 5.74) is 6.16. The number of carbonyl (C=O) groups is 1. The fourth-order valence-electron chi connectivity index (χ4n) is 1.62. The molecule has 5 heteroatoms. The fourth-order valence-corrected chi connectivity index (χ4v) is 1.62. The maximum atomic E-state index is 13.7. The van der Waals surface area contributed by atoms with E-state index in [0.29, 0.717) is 5.56 Å². The van der Waals surface area contributed by atoms with Crippen molar-refractivity contribution in [1.82, 2.24) is 4.98 Å². The van der Waals surface area contributed by atoms with Crippen LogP contribution in [0.3, 0.4) is 0 Å². The lowest BCUT2D eigenvalue weighted by molar-refractivity contribution is 0.0595. The molecule has 0 spiro atoms. The molecule has 0 aliphatic rings. The molecule has 2 aromatic rings. The number of benzene rings is 1. The van der Waals surface area contributed by atoms with Crippen LogP contribution in [0.4, 0.5) is 10.2 Å². The number of ether oxygens (including phenoxy) is 1. The standard InChI is InChI=1S/C13H11FN2O2/c1-18-13(17)12-9(6-7-11(15)16-12)8-4-2-3-5-10(8)14/h2-7H,1H3,(H2,15,16). The van der Waals surface area contributed by atoms with E-state index in [9.17, 15) is 9.18 Å². The number of nitrogen functional groups attached to an aromatic ring is 1. The molecule has 0 bridgehead atoms. The summed E-state index contributed by atoms with van der Waals surface area (Å²) in [4.78, 5) is 15.5. The minimum absolute atomic E-state index is 0.00241. The highest BCUT2D eigenvalue weighted by molar-refractivity contribution is 5.95. The summed E-state index contributed by atoms with van der Waals surface area (Å²) in [6.45, 7) is 0. The lowest BCUT2D eigenvalue weighted by atomic mass is 10.0. The van der Waals surface area contributed by atoms with Gasteiger partial charge in [-0.05, 0) is 18.2 Å². The van der Waals surface area contributed by atoms with Crippen LogP contribution in [-0.4, -0.2) is 18.1 Å². The molecule has 18 heavy (non-hydrogen) atoms. The summed E-state index contributed by atoms with van der Waals surface area (Å²) in [5.74, 6) is -0.912. The Morgan fingerprint density at radius 3 is 2.61 bits per heavy atom. The number of nitrogens with zero attached hydrogens (tertiary/aromatic N) is 1. The Bertz CT molecular complexity index is 599. The van der Waals surface area contributed by atoms with Crippen molar-refractivity contribution < 1.29 is 13.9 Å². The van der Waals surface area contributed by atoms with Gasteiger partial charge in [0.2, 0.25) is 0 Å². The van der Waals surface area contributed by atoms with E-state index >= 15 is 0 Å². The Kier molecular flexibility index (Phi) is 3.23. The highest BCUT2D eigenvalue weighted by atomic mass is 19.1. The predicted octanol–water partition coefficient (Wildman–Crippen LogP) is 2.26. The molecule has 2 rings (SSSR count). The van der Waals surface area contributed by atoms with E-state index in [1.165, 1.54) is 19.2 Å². The third-order valence-corrected chi connectivity index (χ3v) is 2.46. The number of hydrogen-bond acceptors (Lipinski definition) is 4. The largest absolute Gasteiger partial charge is 0.464 e. The van der Waals surface area contributed by atoms with Crippen molar-refractivity contribution in [3.8, 4) is 11.1 Å². The van der Waals surface area contributed by atoms with Crippen molar-refractivity contribution in [2.45, 2.75) is 0 Å². The van der Waals surface area contributed by atoms with E-state index in [4.69, 9.17) is 5.73 Å². The number of halogens is 1. The molecule has 0 amide bonds. The number of aromatic nitrogens is 1. The molecule has 0 saturated heterocycles. The second kappa shape index (κ2) is 4.83. The zero-order valence-electron chi connectivity index (χ0n) is 9.68. The van der Waals surface area contributed by atoms with E-state index in [1.54, 1.807) is 24.3 Å². The van der Waals surface area contributed by atoms with Crippen molar-refractivity contribution in [1.29, 1.82) is 0 Å². The Labute approximate surface area is 103 Å². The number of carbonyl (C=O) groups excluding carboxylic acids is 1. The molecule has 1 aromatic carbocycles. The van der Waals surface area contributed by atoms with Crippen LogP contribution >= 0.6 is 0 Å². The van der Waals surface area contributed by atoms with Crippen LogP contribution in [0.5, 0.6) is 0 Å². The third-order valence-electron chi connectivity index (χ3n) is 2.46. The number of pyridine rings is 1. The number of esters is 1. The Morgan fingerprint density at radius 1 is 1.22 bits per heavy atom. The highest BCUT2D eigenvalue weighted by Crippen LogP contribution is 2.26. The summed E-state index contributed by atoms with van der Waals surface area (Å²) in [6, 6.07) is 9.18. The van der Waals surface area contributed by atoms with Gasteiger partial charge in [0.05, 0.1) is 7.11 Å². The number of hydrogen-bond donors (Lipinski definition) is 1. The van der Waals surface area contributed by atoms with Crippen LogP contribution < -0.4 is 5.73 Å². The normalized spacial score (nSPS) is 10.1. The first-order valence-corrected chi connectivity index (χ1v) is 5.23. The van der Waals surface area contributed by atoms with Crippen molar-refractivity contribution >= 4 is 11.8 Å². The molecule has 0 fully saturated rings. The molecule has 4 nitrogen and oxygen atoms in total. The van der Waals surface area contributed by atoms with Gasteiger partial charge in [-0.1, -0.05) is 18.2 Å². The van der Waals surface area contributed by atoms with Crippen LogP contribution in [0, 0.1) is 5.82 Å². The first-order chi connectivity index (χ1) is 8.63. The van der Waals surface area contributed by atoms with Gasteiger partial charge in [0.1, 0.15) is 11.6 Å². The quantitative estimate of drug-likeness (QED) is 0.825. The van der Waals surface area contributed by atoms with Crippen LogP contribution in [0.25, 0.3) is 11.1 Å². The highest BCUT2D eigenvalue weighted by Gasteiger charge is 2.17. The first kappa shape index (κ1) is 12.0. The maximum absolute atomic E-state index is 13.7. The molecular weight excluding hydrogens is 235 g/mol. The van der Waals surface area contributed by atoms with Crippen LogP contribution in [0.15, 0.2) is 36.4 Å². The zero-order chi connectivity index (χ0) is 13.1. The Morgan fingerprint density at radius 2 is 1.94 bits per heavy atom. The molecule has 0 radical (unpaired) electrons. The van der Waals surface area contributed by atoms with Gasteiger partial charge >= 0.3 is 5.97 Å². The summed E-state index contributed by atoms with van der Waals surface area (Å²) in [5, 5.41) is 0. The molecule has 0 atom stereocenters. The van der Waals surface area contributed by atoms with E-state index in [1.807, 2.05) is 0 Å². The smallest absolute Gasteiger partial charge is 0.357 e. The van der Waals surface area contributed by atoms with Crippen LogP contribution in [0.1, 0.15) is 10.5 Å². The first-order valence-electron chi connectivity index (χ1n) is 5.23. The molecule has 0 aliphatic heterocycles. The predicted molar refractivity (Wildman–Crippen MR) is 65.4 cm³/mol. The van der Waals surface area contributed by atoms with Crippen LogP contribution in [0.2, 0.25) is 0 Å². The molecular formula is C13H11FN2O2. The van der Waals surface area contributed by atoms with Gasteiger partial charge in [-0.25, -0.2) is 14.2 Å². The molecule has 92 valence electrons. The minimum Gasteiger partial charge on any atom is -0.464 e. The monoisotopic (exact) mass is 246 g/mol. The van der Waals surface area contributed by atoms with Gasteiger partial charge in [-0.3, -0.25) is 0 Å². The second-order valence-corrected chi connectivity index (χ2v) is 3.60. The van der Waals surface area contributed by atoms with Gasteiger partial charge in [0.15, 0.2) is 5.69 Å². The molecule has 1 heterocycles. The van der Waals surface area contributed by atoms with Gasteiger partial charge in [0, 0.05) is 11.1 Å². The van der Waals surface area contributed by atoms with Crippen molar-refractivity contribution in [3.63, 3.8) is 0 Å². The summed E-state index contributed by atoms with van der Waals surface area (Å²) in [7, 11) is 1.23. The molecule has 2 N–H and O–H groups in total. The van der Waals surface area contributed by atoms with Gasteiger partial charge in [0.25, 0.3) is 0 Å².